The second-order valence-electron chi connectivity index (χ2n) is 2.30. The van der Waals surface area contributed by atoms with Crippen LogP contribution in [0.3, 0.4) is 0 Å². The normalized spacial score (nSPS) is 10.5. The average molecular weight is 173 g/mol. The van der Waals surface area contributed by atoms with E-state index in [0.29, 0.717) is 0 Å². The molecule has 0 bridgehead atoms. The van der Waals surface area contributed by atoms with Crippen LogP contribution < -0.4 is 0 Å². The van der Waals surface area contributed by atoms with Crippen molar-refractivity contribution in [3.63, 3.8) is 0 Å². The zero-order valence-electron chi connectivity index (χ0n) is 7.69. The van der Waals surface area contributed by atoms with Crippen LogP contribution >= 0.6 is 0 Å². The molecule has 0 aliphatic carbocycles. The van der Waals surface area contributed by atoms with Gasteiger partial charge in [0.05, 0.1) is 0 Å². The van der Waals surface area contributed by atoms with Crippen LogP contribution in [0.2, 0.25) is 0 Å². The molecule has 0 aromatic rings. The molecule has 1 unspecified atom stereocenters. The molecule has 61 valence electrons. The van der Waals surface area contributed by atoms with Crippen LogP contribution in [-0.4, -0.2) is 0 Å². The van der Waals surface area contributed by atoms with E-state index >= 15 is 0 Å². The minimum Gasteiger partial charge on any atom is -0.344 e. The van der Waals surface area contributed by atoms with Crippen LogP contribution in [0.4, 0.5) is 0 Å². The number of hydrogen-bond acceptors (Lipinski definition) is 0. The Kier molecular flexibility index (Phi) is 28.1. The van der Waals surface area contributed by atoms with Crippen molar-refractivity contribution >= 4 is 0 Å². The minimum absolute atomic E-state index is 0. The third-order valence-corrected chi connectivity index (χ3v) is 1.19. The molecule has 0 aliphatic heterocycles. The van der Waals surface area contributed by atoms with E-state index in [9.17, 15) is 0 Å². The molecular formula is C9H20Sc-2. The first-order chi connectivity index (χ1) is 4.22. The van der Waals surface area contributed by atoms with Gasteiger partial charge < -0.3 is 13.8 Å². The summed E-state index contributed by atoms with van der Waals surface area (Å²) in [6.45, 7) is 13.7. The van der Waals surface area contributed by atoms with Crippen molar-refractivity contribution in [2.75, 3.05) is 0 Å². The van der Waals surface area contributed by atoms with Crippen LogP contribution in [-0.2, 0) is 25.8 Å². The van der Waals surface area contributed by atoms with Crippen LogP contribution in [0.25, 0.3) is 0 Å². The molecule has 0 nitrogen and oxygen atoms in total. The smallest absolute Gasteiger partial charge is 0 e. The molecule has 0 saturated heterocycles. The van der Waals surface area contributed by atoms with Gasteiger partial charge in [-0.1, -0.05) is 33.1 Å². The molecule has 10 heavy (non-hydrogen) atoms. The summed E-state index contributed by atoms with van der Waals surface area (Å²) in [5.74, 6) is 0.824. The maximum atomic E-state index is 3.76. The SMILES string of the molecule is [CH2-]CC.[CH2-]CC(C)CC.[Sc]. The molecule has 0 amide bonds. The summed E-state index contributed by atoms with van der Waals surface area (Å²) in [6.07, 6.45) is 3.35. The molecular weight excluding hydrogens is 153 g/mol. The number of hydrogen-bond donors (Lipinski definition) is 0. The van der Waals surface area contributed by atoms with Gasteiger partial charge in [-0.2, -0.15) is 12.8 Å². The zero-order chi connectivity index (χ0) is 7.70. The first-order valence-electron chi connectivity index (χ1n) is 3.81. The van der Waals surface area contributed by atoms with Crippen LogP contribution in [0.5, 0.6) is 0 Å². The van der Waals surface area contributed by atoms with Crippen LogP contribution in [0, 0.1) is 19.8 Å². The van der Waals surface area contributed by atoms with Gasteiger partial charge in [-0.3, -0.25) is 0 Å². The van der Waals surface area contributed by atoms with Crippen molar-refractivity contribution in [3.05, 3.63) is 13.8 Å². The largest absolute Gasteiger partial charge is 0.344 e. The van der Waals surface area contributed by atoms with E-state index < -0.39 is 0 Å². The van der Waals surface area contributed by atoms with E-state index in [2.05, 4.69) is 27.7 Å². The van der Waals surface area contributed by atoms with E-state index in [0.717, 1.165) is 18.8 Å². The van der Waals surface area contributed by atoms with E-state index in [1.165, 1.54) is 6.42 Å². The Morgan fingerprint density at radius 1 is 1.20 bits per heavy atom. The average Bonchev–Trinajstić information content (AvgIpc) is 1.88. The minimum atomic E-state index is 0. The maximum absolute atomic E-state index is 3.76. The summed E-state index contributed by atoms with van der Waals surface area (Å²) in [5, 5.41) is 0. The van der Waals surface area contributed by atoms with Crippen molar-refractivity contribution in [3.8, 4) is 0 Å². The van der Waals surface area contributed by atoms with Crippen molar-refractivity contribution in [1.29, 1.82) is 0 Å². The fraction of sp³-hybridized carbons (Fsp3) is 0.778. The fourth-order valence-corrected chi connectivity index (χ4v) is 0.204. The van der Waals surface area contributed by atoms with Gasteiger partial charge in [0.15, 0.2) is 0 Å². The quantitative estimate of drug-likeness (QED) is 0.561. The molecule has 0 aromatic heterocycles. The Bertz CT molecular complexity index is 31.7. The molecule has 0 aromatic carbocycles. The topological polar surface area (TPSA) is 0 Å². The predicted molar refractivity (Wildman–Crippen MR) is 45.1 cm³/mol. The van der Waals surface area contributed by atoms with Crippen molar-refractivity contribution in [2.45, 2.75) is 40.0 Å². The molecule has 1 radical (unpaired) electrons. The van der Waals surface area contributed by atoms with E-state index in [1.54, 1.807) is 0 Å². The van der Waals surface area contributed by atoms with Crippen molar-refractivity contribution < 1.29 is 25.8 Å². The van der Waals surface area contributed by atoms with Gasteiger partial charge in [0.25, 0.3) is 0 Å². The van der Waals surface area contributed by atoms with Gasteiger partial charge in [-0.25, -0.2) is 0 Å². The summed E-state index contributed by atoms with van der Waals surface area (Å²) in [5.41, 5.74) is 0. The predicted octanol–water partition coefficient (Wildman–Crippen LogP) is 3.48. The molecule has 0 aliphatic rings. The maximum Gasteiger partial charge on any atom is 0 e. The van der Waals surface area contributed by atoms with Crippen molar-refractivity contribution in [1.82, 2.24) is 0 Å². The molecule has 1 atom stereocenters. The first-order valence-corrected chi connectivity index (χ1v) is 3.81. The van der Waals surface area contributed by atoms with E-state index in [4.69, 9.17) is 0 Å². The Labute approximate surface area is 85.6 Å². The first kappa shape index (κ1) is 17.1. The molecule has 0 saturated carbocycles. The van der Waals surface area contributed by atoms with Gasteiger partial charge in [0.1, 0.15) is 0 Å². The Morgan fingerprint density at radius 3 is 1.50 bits per heavy atom. The van der Waals surface area contributed by atoms with E-state index in [1.807, 2.05) is 6.92 Å². The zero-order valence-corrected chi connectivity index (χ0v) is 9.49. The van der Waals surface area contributed by atoms with Gasteiger partial charge in [-0.05, 0) is 0 Å². The summed E-state index contributed by atoms with van der Waals surface area (Å²) < 4.78 is 0. The molecule has 1 heteroatoms. The second-order valence-corrected chi connectivity index (χ2v) is 2.30. The third-order valence-electron chi connectivity index (χ3n) is 1.19. The van der Waals surface area contributed by atoms with Gasteiger partial charge in [0.2, 0.25) is 0 Å². The Hall–Kier alpha value is 0.870. The van der Waals surface area contributed by atoms with Crippen LogP contribution in [0.1, 0.15) is 40.0 Å². The molecule has 0 N–H and O–H groups in total. The second kappa shape index (κ2) is 16.5. The van der Waals surface area contributed by atoms with Crippen LogP contribution in [0.15, 0.2) is 0 Å². The summed E-state index contributed by atoms with van der Waals surface area (Å²) in [4.78, 5) is 0. The molecule has 0 heterocycles. The van der Waals surface area contributed by atoms with Gasteiger partial charge >= 0.3 is 0 Å². The Morgan fingerprint density at radius 2 is 1.50 bits per heavy atom. The summed E-state index contributed by atoms with van der Waals surface area (Å²) in [7, 11) is 0. The summed E-state index contributed by atoms with van der Waals surface area (Å²) in [6, 6.07) is 0. The van der Waals surface area contributed by atoms with Gasteiger partial charge in [-0.15, -0.1) is 0 Å². The Balaban J connectivity index is -0.000000107. The third kappa shape index (κ3) is 23.2. The van der Waals surface area contributed by atoms with E-state index in [-0.39, 0.29) is 25.8 Å². The summed E-state index contributed by atoms with van der Waals surface area (Å²) >= 11 is 0. The van der Waals surface area contributed by atoms with Crippen molar-refractivity contribution in [2.24, 2.45) is 5.92 Å². The standard InChI is InChI=1S/C6H13.C3H7.Sc/c1-4-6(3)5-2;1-3-2;/h6H,1,4-5H2,2-3H3;1,3H2,2H3;/q2*-1;. The molecule has 0 spiro atoms. The fourth-order valence-electron chi connectivity index (χ4n) is 0.204. The molecule has 0 rings (SSSR count). The number of rotatable bonds is 2. The molecule has 0 fully saturated rings. The van der Waals surface area contributed by atoms with Gasteiger partial charge in [0, 0.05) is 25.8 Å². The monoisotopic (exact) mass is 173 g/mol.